The molecular weight excluding hydrogens is 262 g/mol. The van der Waals surface area contributed by atoms with Gasteiger partial charge >= 0.3 is 0 Å². The van der Waals surface area contributed by atoms with Crippen LogP contribution in [0.3, 0.4) is 0 Å². The van der Waals surface area contributed by atoms with Gasteiger partial charge in [0.05, 0.1) is 6.10 Å². The van der Waals surface area contributed by atoms with E-state index >= 15 is 0 Å². The molecule has 3 nitrogen and oxygen atoms in total. The first kappa shape index (κ1) is 16.0. The highest BCUT2D eigenvalue weighted by atomic mass is 35.5. The summed E-state index contributed by atoms with van der Waals surface area (Å²) in [6.45, 7) is 6.45. The molecule has 1 atom stereocenters. The van der Waals surface area contributed by atoms with Crippen LogP contribution in [0.2, 0.25) is 0 Å². The maximum atomic E-state index is 11.9. The molecule has 4 heteroatoms. The quantitative estimate of drug-likeness (QED) is 0.816. The fourth-order valence-electron chi connectivity index (χ4n) is 1.84. The summed E-state index contributed by atoms with van der Waals surface area (Å²) in [6.07, 6.45) is 0.129. The van der Waals surface area contributed by atoms with Crippen LogP contribution in [-0.4, -0.2) is 23.7 Å². The summed E-state index contributed by atoms with van der Waals surface area (Å²) < 4.78 is 0. The number of aliphatic hydroxyl groups is 1. The van der Waals surface area contributed by atoms with Gasteiger partial charge in [-0.15, -0.1) is 11.6 Å². The van der Waals surface area contributed by atoms with Gasteiger partial charge in [-0.1, -0.05) is 32.9 Å². The lowest BCUT2D eigenvalue weighted by molar-refractivity contribution is 0.0868. The van der Waals surface area contributed by atoms with Gasteiger partial charge in [-0.2, -0.15) is 0 Å². The summed E-state index contributed by atoms with van der Waals surface area (Å²) in [4.78, 5) is 11.9. The number of halogens is 1. The number of rotatable bonds is 5. The van der Waals surface area contributed by atoms with E-state index < -0.39 is 6.10 Å². The van der Waals surface area contributed by atoms with E-state index in [1.165, 1.54) is 0 Å². The Labute approximate surface area is 120 Å². The van der Waals surface area contributed by atoms with Gasteiger partial charge in [-0.25, -0.2) is 0 Å². The fourth-order valence-corrected chi connectivity index (χ4v) is 2.01. The van der Waals surface area contributed by atoms with E-state index in [0.717, 1.165) is 5.56 Å². The number of hydrogen-bond donors (Lipinski definition) is 2. The second-order valence-electron chi connectivity index (χ2n) is 5.96. The van der Waals surface area contributed by atoms with Crippen molar-refractivity contribution in [2.24, 2.45) is 5.41 Å². The van der Waals surface area contributed by atoms with Crippen molar-refractivity contribution in [2.75, 3.05) is 6.54 Å². The van der Waals surface area contributed by atoms with Gasteiger partial charge in [0.2, 0.25) is 0 Å². The molecule has 0 aliphatic heterocycles. The number of carbonyl (C=O) groups is 1. The molecule has 0 fully saturated rings. The molecule has 1 amide bonds. The number of benzene rings is 1. The van der Waals surface area contributed by atoms with Crippen molar-refractivity contribution in [1.29, 1.82) is 0 Å². The molecule has 0 heterocycles. The van der Waals surface area contributed by atoms with Gasteiger partial charge in [0.1, 0.15) is 0 Å². The van der Waals surface area contributed by atoms with Crippen LogP contribution in [0.4, 0.5) is 0 Å². The van der Waals surface area contributed by atoms with E-state index in [4.69, 9.17) is 11.6 Å². The topological polar surface area (TPSA) is 49.3 Å². The molecule has 1 rings (SSSR count). The van der Waals surface area contributed by atoms with E-state index in [0.29, 0.717) is 17.9 Å². The summed E-state index contributed by atoms with van der Waals surface area (Å²) in [6, 6.07) is 7.13. The Morgan fingerprint density at radius 1 is 1.32 bits per heavy atom. The first-order chi connectivity index (χ1) is 8.81. The fraction of sp³-hybridized carbons (Fsp3) is 0.533. The molecule has 0 radical (unpaired) electrons. The Bertz CT molecular complexity index is 409. The van der Waals surface area contributed by atoms with E-state index in [1.807, 2.05) is 12.1 Å². The van der Waals surface area contributed by atoms with Crippen LogP contribution in [0.1, 0.15) is 43.1 Å². The number of nitrogens with one attached hydrogen (secondary N) is 1. The van der Waals surface area contributed by atoms with E-state index in [9.17, 15) is 9.90 Å². The van der Waals surface area contributed by atoms with E-state index in [-0.39, 0.29) is 17.9 Å². The average Bonchev–Trinajstić information content (AvgIpc) is 2.34. The molecule has 2 N–H and O–H groups in total. The standard InChI is InChI=1S/C15H22ClNO2/c1-15(2,3)8-13(18)10-17-14(19)12-6-4-11(9-16)5-7-12/h4-7,13,18H,8-10H2,1-3H3,(H,17,19). The third-order valence-electron chi connectivity index (χ3n) is 2.72. The molecule has 1 unspecified atom stereocenters. The monoisotopic (exact) mass is 283 g/mol. The number of amides is 1. The molecule has 0 saturated heterocycles. The predicted octanol–water partition coefficient (Wildman–Crippen LogP) is 2.95. The zero-order valence-electron chi connectivity index (χ0n) is 11.7. The van der Waals surface area contributed by atoms with Gasteiger partial charge in [0.15, 0.2) is 0 Å². The lowest BCUT2D eigenvalue weighted by Gasteiger charge is -2.22. The SMILES string of the molecule is CC(C)(C)CC(O)CNC(=O)c1ccc(CCl)cc1. The smallest absolute Gasteiger partial charge is 0.251 e. The molecule has 1 aromatic carbocycles. The molecule has 0 spiro atoms. The van der Waals surface area contributed by atoms with Crippen LogP contribution in [0.15, 0.2) is 24.3 Å². The molecular formula is C15H22ClNO2. The Kier molecular flexibility index (Phi) is 5.83. The van der Waals surface area contributed by atoms with Crippen molar-refractivity contribution in [2.45, 2.75) is 39.2 Å². The van der Waals surface area contributed by atoms with Crippen LogP contribution >= 0.6 is 11.6 Å². The highest BCUT2D eigenvalue weighted by Gasteiger charge is 2.17. The summed E-state index contributed by atoms with van der Waals surface area (Å²) in [5, 5.41) is 12.6. The molecule has 0 aliphatic carbocycles. The van der Waals surface area contributed by atoms with Crippen molar-refractivity contribution in [3.8, 4) is 0 Å². The normalized spacial score (nSPS) is 13.1. The lowest BCUT2D eigenvalue weighted by Crippen LogP contribution is -2.34. The molecule has 0 saturated carbocycles. The minimum Gasteiger partial charge on any atom is -0.391 e. The van der Waals surface area contributed by atoms with Crippen LogP contribution in [0, 0.1) is 5.41 Å². The van der Waals surface area contributed by atoms with Gasteiger partial charge < -0.3 is 10.4 Å². The number of hydrogen-bond acceptors (Lipinski definition) is 2. The number of aliphatic hydroxyl groups excluding tert-OH is 1. The third kappa shape index (κ3) is 6.08. The van der Waals surface area contributed by atoms with Gasteiger partial charge in [0.25, 0.3) is 5.91 Å². The average molecular weight is 284 g/mol. The highest BCUT2D eigenvalue weighted by Crippen LogP contribution is 2.20. The van der Waals surface area contributed by atoms with E-state index in [2.05, 4.69) is 26.1 Å². The number of alkyl halides is 1. The van der Waals surface area contributed by atoms with Crippen LogP contribution in [0.25, 0.3) is 0 Å². The zero-order valence-corrected chi connectivity index (χ0v) is 12.5. The van der Waals surface area contributed by atoms with Crippen molar-refractivity contribution >= 4 is 17.5 Å². The second kappa shape index (κ2) is 6.92. The summed E-state index contributed by atoms with van der Waals surface area (Å²) >= 11 is 5.69. The zero-order chi connectivity index (χ0) is 14.5. The summed E-state index contributed by atoms with van der Waals surface area (Å²) in [7, 11) is 0. The molecule has 0 aromatic heterocycles. The maximum absolute atomic E-state index is 11.9. The van der Waals surface area contributed by atoms with Gasteiger partial charge in [-0.3, -0.25) is 4.79 Å². The summed E-state index contributed by atoms with van der Waals surface area (Å²) in [5.74, 6) is 0.265. The lowest BCUT2D eigenvalue weighted by atomic mass is 9.89. The summed E-state index contributed by atoms with van der Waals surface area (Å²) in [5.41, 5.74) is 1.61. The Morgan fingerprint density at radius 2 is 1.89 bits per heavy atom. The van der Waals surface area contributed by atoms with Crippen LogP contribution in [0.5, 0.6) is 0 Å². The van der Waals surface area contributed by atoms with Crippen LogP contribution in [-0.2, 0) is 5.88 Å². The second-order valence-corrected chi connectivity index (χ2v) is 6.23. The van der Waals surface area contributed by atoms with Crippen molar-refractivity contribution in [3.05, 3.63) is 35.4 Å². The Morgan fingerprint density at radius 3 is 2.37 bits per heavy atom. The van der Waals surface area contributed by atoms with Crippen molar-refractivity contribution in [1.82, 2.24) is 5.32 Å². The van der Waals surface area contributed by atoms with Crippen LogP contribution < -0.4 is 5.32 Å². The molecule has 106 valence electrons. The predicted molar refractivity (Wildman–Crippen MR) is 78.4 cm³/mol. The van der Waals surface area contributed by atoms with Gasteiger partial charge in [0, 0.05) is 18.0 Å². The van der Waals surface area contributed by atoms with Gasteiger partial charge in [-0.05, 0) is 29.5 Å². The molecule has 0 aliphatic rings. The largest absolute Gasteiger partial charge is 0.391 e. The first-order valence-electron chi connectivity index (χ1n) is 6.43. The third-order valence-corrected chi connectivity index (χ3v) is 3.03. The van der Waals surface area contributed by atoms with E-state index in [1.54, 1.807) is 12.1 Å². The molecule has 1 aromatic rings. The Balaban J connectivity index is 2.46. The number of carbonyl (C=O) groups excluding carboxylic acids is 1. The van der Waals surface area contributed by atoms with Crippen molar-refractivity contribution in [3.63, 3.8) is 0 Å². The Hall–Kier alpha value is -1.06. The first-order valence-corrected chi connectivity index (χ1v) is 6.96. The highest BCUT2D eigenvalue weighted by molar-refractivity contribution is 6.17. The minimum absolute atomic E-state index is 0.0478. The minimum atomic E-state index is -0.522. The van der Waals surface area contributed by atoms with Crippen molar-refractivity contribution < 1.29 is 9.90 Å². The maximum Gasteiger partial charge on any atom is 0.251 e. The molecule has 0 bridgehead atoms. The molecule has 19 heavy (non-hydrogen) atoms.